The van der Waals surface area contributed by atoms with Crippen LogP contribution in [0.1, 0.15) is 33.1 Å². The van der Waals surface area contributed by atoms with E-state index in [9.17, 15) is 0 Å². The summed E-state index contributed by atoms with van der Waals surface area (Å²) in [4.78, 5) is 0. The minimum absolute atomic E-state index is 0.251. The van der Waals surface area contributed by atoms with Crippen molar-refractivity contribution in [2.75, 3.05) is 19.5 Å². The van der Waals surface area contributed by atoms with Gasteiger partial charge in [0.25, 0.3) is 0 Å². The molecular formula is C15H22N2O2. The van der Waals surface area contributed by atoms with Gasteiger partial charge in [-0.05, 0) is 45.2 Å². The zero-order chi connectivity index (χ0) is 14.3. The van der Waals surface area contributed by atoms with Crippen LogP contribution in [-0.4, -0.2) is 13.7 Å². The summed E-state index contributed by atoms with van der Waals surface area (Å²) in [6.45, 7) is 4.52. The van der Waals surface area contributed by atoms with Gasteiger partial charge in [0.05, 0.1) is 30.9 Å². The smallest absolute Gasteiger partial charge is 0.142 e. The summed E-state index contributed by atoms with van der Waals surface area (Å²) in [6.07, 6.45) is 2.76. The highest BCUT2D eigenvalue weighted by atomic mass is 16.5. The van der Waals surface area contributed by atoms with Gasteiger partial charge in [-0.15, -0.1) is 0 Å². The lowest BCUT2D eigenvalue weighted by molar-refractivity contribution is 0.296. The van der Waals surface area contributed by atoms with Crippen LogP contribution < -0.4 is 15.2 Å². The molecule has 1 aromatic rings. The fourth-order valence-corrected chi connectivity index (χ4v) is 1.69. The number of benzene rings is 1. The molecule has 0 bridgehead atoms. The molecule has 0 aliphatic heterocycles. The van der Waals surface area contributed by atoms with Crippen molar-refractivity contribution in [3.05, 3.63) is 18.2 Å². The Morgan fingerprint density at radius 3 is 2.63 bits per heavy atom. The third kappa shape index (κ3) is 5.09. The van der Waals surface area contributed by atoms with E-state index in [0.717, 1.165) is 25.0 Å². The highest BCUT2D eigenvalue weighted by molar-refractivity contribution is 5.56. The van der Waals surface area contributed by atoms with E-state index in [0.29, 0.717) is 18.0 Å². The van der Waals surface area contributed by atoms with E-state index >= 15 is 0 Å². The van der Waals surface area contributed by atoms with Crippen molar-refractivity contribution in [3.8, 4) is 17.6 Å². The highest BCUT2D eigenvalue weighted by Crippen LogP contribution is 2.27. The molecule has 0 fully saturated rings. The predicted molar refractivity (Wildman–Crippen MR) is 76.1 cm³/mol. The molecule has 1 aromatic carbocycles. The van der Waals surface area contributed by atoms with Crippen LogP contribution in [0.3, 0.4) is 0 Å². The Morgan fingerprint density at radius 2 is 2.05 bits per heavy atom. The molecular weight excluding hydrogens is 240 g/mol. The van der Waals surface area contributed by atoms with Crippen molar-refractivity contribution in [2.24, 2.45) is 5.41 Å². The second kappa shape index (κ2) is 6.89. The van der Waals surface area contributed by atoms with Crippen molar-refractivity contribution in [2.45, 2.75) is 33.1 Å². The lowest BCUT2D eigenvalue weighted by Crippen LogP contribution is -2.08. The third-order valence-electron chi connectivity index (χ3n) is 2.97. The fourth-order valence-electron chi connectivity index (χ4n) is 1.69. The van der Waals surface area contributed by atoms with E-state index in [1.54, 1.807) is 13.2 Å². The first kappa shape index (κ1) is 15.2. The summed E-state index contributed by atoms with van der Waals surface area (Å²) in [6, 6.07) is 7.68. The largest absolute Gasteiger partial charge is 0.497 e. The van der Waals surface area contributed by atoms with Crippen LogP contribution in [0.5, 0.6) is 11.5 Å². The zero-order valence-corrected chi connectivity index (χ0v) is 11.9. The SMILES string of the molecule is COc1ccc(OCCCCC(C)(C)C#N)c(N)c1. The van der Waals surface area contributed by atoms with Crippen molar-refractivity contribution in [1.82, 2.24) is 0 Å². The van der Waals surface area contributed by atoms with E-state index < -0.39 is 0 Å². The van der Waals surface area contributed by atoms with Gasteiger partial charge in [0.1, 0.15) is 11.5 Å². The van der Waals surface area contributed by atoms with E-state index in [1.807, 2.05) is 26.0 Å². The van der Waals surface area contributed by atoms with Crippen LogP contribution in [0, 0.1) is 16.7 Å². The van der Waals surface area contributed by atoms with Crippen molar-refractivity contribution < 1.29 is 9.47 Å². The summed E-state index contributed by atoms with van der Waals surface area (Å²) < 4.78 is 10.7. The minimum Gasteiger partial charge on any atom is -0.497 e. The van der Waals surface area contributed by atoms with Gasteiger partial charge < -0.3 is 15.2 Å². The topological polar surface area (TPSA) is 68.3 Å². The van der Waals surface area contributed by atoms with E-state index in [-0.39, 0.29) is 5.41 Å². The Balaban J connectivity index is 2.32. The number of nitrogens with two attached hydrogens (primary N) is 1. The average molecular weight is 262 g/mol. The maximum absolute atomic E-state index is 8.90. The molecule has 104 valence electrons. The number of ether oxygens (including phenoxy) is 2. The van der Waals surface area contributed by atoms with Crippen LogP contribution in [0.25, 0.3) is 0 Å². The molecule has 1 rings (SSSR count). The van der Waals surface area contributed by atoms with Gasteiger partial charge in [-0.1, -0.05) is 0 Å². The minimum atomic E-state index is -0.251. The summed E-state index contributed by atoms with van der Waals surface area (Å²) in [5.41, 5.74) is 6.18. The van der Waals surface area contributed by atoms with Gasteiger partial charge in [-0.25, -0.2) is 0 Å². The average Bonchev–Trinajstić information content (AvgIpc) is 2.39. The van der Waals surface area contributed by atoms with Crippen LogP contribution >= 0.6 is 0 Å². The highest BCUT2D eigenvalue weighted by Gasteiger charge is 2.15. The molecule has 0 unspecified atom stereocenters. The molecule has 2 N–H and O–H groups in total. The molecule has 0 saturated heterocycles. The lowest BCUT2D eigenvalue weighted by Gasteiger charge is -2.15. The maximum Gasteiger partial charge on any atom is 0.142 e. The number of anilines is 1. The predicted octanol–water partition coefficient (Wildman–Crippen LogP) is 3.38. The number of nitrogens with zero attached hydrogens (tertiary/aromatic N) is 1. The van der Waals surface area contributed by atoms with E-state index in [2.05, 4.69) is 6.07 Å². The van der Waals surface area contributed by atoms with E-state index in [4.69, 9.17) is 20.5 Å². The molecule has 0 amide bonds. The molecule has 0 atom stereocenters. The Kier molecular flexibility index (Phi) is 5.50. The molecule has 0 spiro atoms. The van der Waals surface area contributed by atoms with Gasteiger partial charge in [0, 0.05) is 6.07 Å². The van der Waals surface area contributed by atoms with Gasteiger partial charge in [0.2, 0.25) is 0 Å². The number of rotatable bonds is 7. The number of methoxy groups -OCH3 is 1. The van der Waals surface area contributed by atoms with Crippen LogP contribution in [0.4, 0.5) is 5.69 Å². The number of hydrogen-bond acceptors (Lipinski definition) is 4. The Hall–Kier alpha value is -1.89. The quantitative estimate of drug-likeness (QED) is 0.604. The van der Waals surface area contributed by atoms with E-state index in [1.165, 1.54) is 0 Å². The normalized spacial score (nSPS) is 10.8. The third-order valence-corrected chi connectivity index (χ3v) is 2.97. The fraction of sp³-hybridized carbons (Fsp3) is 0.533. The standard InChI is InChI=1S/C15H22N2O2/c1-15(2,11-16)8-4-5-9-19-14-7-6-12(18-3)10-13(14)17/h6-7,10H,4-5,8-9,17H2,1-3H3. The zero-order valence-electron chi connectivity index (χ0n) is 11.9. The summed E-state index contributed by atoms with van der Waals surface area (Å²) in [5, 5.41) is 8.90. The van der Waals surface area contributed by atoms with Crippen LogP contribution in [0.2, 0.25) is 0 Å². The Bertz CT molecular complexity index is 450. The Morgan fingerprint density at radius 1 is 1.32 bits per heavy atom. The van der Waals surface area contributed by atoms with Gasteiger partial charge in [0.15, 0.2) is 0 Å². The second-order valence-electron chi connectivity index (χ2n) is 5.21. The summed E-state index contributed by atoms with van der Waals surface area (Å²) >= 11 is 0. The van der Waals surface area contributed by atoms with Crippen molar-refractivity contribution in [1.29, 1.82) is 5.26 Å². The van der Waals surface area contributed by atoms with Crippen molar-refractivity contribution in [3.63, 3.8) is 0 Å². The monoisotopic (exact) mass is 262 g/mol. The first-order chi connectivity index (χ1) is 8.98. The Labute approximate surface area is 115 Å². The lowest BCUT2D eigenvalue weighted by atomic mass is 9.89. The molecule has 0 aliphatic carbocycles. The molecule has 0 saturated carbocycles. The number of nitrogen functional groups attached to an aromatic ring is 1. The van der Waals surface area contributed by atoms with Crippen LogP contribution in [-0.2, 0) is 0 Å². The van der Waals surface area contributed by atoms with Crippen molar-refractivity contribution >= 4 is 5.69 Å². The molecule has 4 nitrogen and oxygen atoms in total. The second-order valence-corrected chi connectivity index (χ2v) is 5.21. The molecule has 0 aromatic heterocycles. The number of hydrogen-bond donors (Lipinski definition) is 1. The van der Waals surface area contributed by atoms with Gasteiger partial charge in [-0.3, -0.25) is 0 Å². The number of unbranched alkanes of at least 4 members (excludes halogenated alkanes) is 1. The summed E-state index contributed by atoms with van der Waals surface area (Å²) in [7, 11) is 1.60. The van der Waals surface area contributed by atoms with Gasteiger partial charge >= 0.3 is 0 Å². The molecule has 4 heteroatoms. The summed E-state index contributed by atoms with van der Waals surface area (Å²) in [5.74, 6) is 1.40. The maximum atomic E-state index is 8.90. The molecule has 0 heterocycles. The number of nitriles is 1. The molecule has 0 radical (unpaired) electrons. The first-order valence-electron chi connectivity index (χ1n) is 6.46. The van der Waals surface area contributed by atoms with Gasteiger partial charge in [-0.2, -0.15) is 5.26 Å². The molecule has 0 aliphatic rings. The molecule has 19 heavy (non-hydrogen) atoms. The van der Waals surface area contributed by atoms with Crippen LogP contribution in [0.15, 0.2) is 18.2 Å². The first-order valence-corrected chi connectivity index (χ1v) is 6.46.